The number of carboxylic acid groups (broad SMARTS) is 1. The van der Waals surface area contributed by atoms with Crippen LogP contribution in [-0.2, 0) is 0 Å². The van der Waals surface area contributed by atoms with Gasteiger partial charge in [0.2, 0.25) is 0 Å². The molecule has 0 saturated heterocycles. The highest BCUT2D eigenvalue weighted by molar-refractivity contribution is 5.93. The lowest BCUT2D eigenvalue weighted by atomic mass is 9.97. The van der Waals surface area contributed by atoms with Gasteiger partial charge in [0.1, 0.15) is 11.5 Å². The summed E-state index contributed by atoms with van der Waals surface area (Å²) in [6, 6.07) is 0. The van der Waals surface area contributed by atoms with Crippen LogP contribution in [0.4, 0.5) is 0 Å². The summed E-state index contributed by atoms with van der Waals surface area (Å²) >= 11 is 0. The first-order valence-corrected chi connectivity index (χ1v) is 4.51. The quantitative estimate of drug-likeness (QED) is 0.783. The van der Waals surface area contributed by atoms with E-state index in [1.54, 1.807) is 20.8 Å². The van der Waals surface area contributed by atoms with E-state index in [4.69, 9.17) is 9.84 Å². The molecule has 15 heavy (non-hydrogen) atoms. The van der Waals surface area contributed by atoms with Crippen LogP contribution in [0.25, 0.3) is 0 Å². The van der Waals surface area contributed by atoms with Crippen molar-refractivity contribution in [2.24, 2.45) is 0 Å². The van der Waals surface area contributed by atoms with Gasteiger partial charge in [-0.1, -0.05) is 0 Å². The van der Waals surface area contributed by atoms with Gasteiger partial charge in [-0.3, -0.25) is 0 Å². The second kappa shape index (κ2) is 3.81. The summed E-state index contributed by atoms with van der Waals surface area (Å²) < 4.78 is 5.08. The maximum absolute atomic E-state index is 11.0. The molecule has 0 fully saturated rings. The summed E-state index contributed by atoms with van der Waals surface area (Å²) in [6.45, 7) is 4.94. The van der Waals surface area contributed by atoms with E-state index in [1.165, 1.54) is 7.11 Å². The maximum Gasteiger partial charge on any atom is 0.336 e. The van der Waals surface area contributed by atoms with Gasteiger partial charge < -0.3 is 14.9 Å². The molecular formula is C11H14O4. The predicted octanol–water partition coefficient (Wildman–Crippen LogP) is 2.02. The molecule has 1 aromatic rings. The molecule has 0 saturated carbocycles. The number of benzene rings is 1. The Morgan fingerprint density at radius 1 is 1.13 bits per heavy atom. The number of ether oxygens (including phenoxy) is 1. The first-order chi connectivity index (χ1) is 6.91. The largest absolute Gasteiger partial charge is 0.507 e. The van der Waals surface area contributed by atoms with E-state index in [1.807, 2.05) is 0 Å². The van der Waals surface area contributed by atoms with Crippen LogP contribution in [0.5, 0.6) is 11.5 Å². The topological polar surface area (TPSA) is 66.8 Å². The van der Waals surface area contributed by atoms with Crippen LogP contribution in [0.15, 0.2) is 0 Å². The number of phenols is 1. The van der Waals surface area contributed by atoms with Gasteiger partial charge in [-0.15, -0.1) is 0 Å². The molecule has 0 unspecified atom stereocenters. The molecule has 4 heteroatoms. The van der Waals surface area contributed by atoms with Gasteiger partial charge in [0, 0.05) is 16.7 Å². The molecule has 0 aliphatic heterocycles. The normalized spacial score (nSPS) is 10.1. The van der Waals surface area contributed by atoms with Gasteiger partial charge in [-0.25, -0.2) is 4.79 Å². The van der Waals surface area contributed by atoms with Crippen LogP contribution in [0.3, 0.4) is 0 Å². The van der Waals surface area contributed by atoms with Crippen molar-refractivity contribution < 1.29 is 19.7 Å². The monoisotopic (exact) mass is 210 g/mol. The van der Waals surface area contributed by atoms with E-state index in [-0.39, 0.29) is 11.3 Å². The van der Waals surface area contributed by atoms with Crippen molar-refractivity contribution in [3.05, 3.63) is 22.3 Å². The number of aromatic carboxylic acids is 1. The Hall–Kier alpha value is -1.71. The summed E-state index contributed by atoms with van der Waals surface area (Å²) in [6.07, 6.45) is 0. The molecule has 0 amide bonds. The maximum atomic E-state index is 11.0. The van der Waals surface area contributed by atoms with Crippen LogP contribution >= 0.6 is 0 Å². The van der Waals surface area contributed by atoms with Crippen LogP contribution in [-0.4, -0.2) is 23.3 Å². The fourth-order valence-electron chi connectivity index (χ4n) is 1.81. The second-order valence-electron chi connectivity index (χ2n) is 3.44. The summed E-state index contributed by atoms with van der Waals surface area (Å²) in [4.78, 5) is 11.0. The Balaban J connectivity index is 3.68. The minimum Gasteiger partial charge on any atom is -0.507 e. The highest BCUT2D eigenvalue weighted by Crippen LogP contribution is 2.36. The molecule has 0 radical (unpaired) electrons. The average Bonchev–Trinajstić information content (AvgIpc) is 2.15. The molecular weight excluding hydrogens is 196 g/mol. The van der Waals surface area contributed by atoms with Gasteiger partial charge in [-0.05, 0) is 20.8 Å². The van der Waals surface area contributed by atoms with Gasteiger partial charge in [0.15, 0.2) is 0 Å². The van der Waals surface area contributed by atoms with Crippen molar-refractivity contribution in [1.29, 1.82) is 0 Å². The predicted molar refractivity (Wildman–Crippen MR) is 55.8 cm³/mol. The number of carboxylic acids is 1. The Morgan fingerprint density at radius 2 is 1.67 bits per heavy atom. The van der Waals surface area contributed by atoms with Crippen LogP contribution < -0.4 is 4.74 Å². The van der Waals surface area contributed by atoms with Crippen molar-refractivity contribution >= 4 is 5.97 Å². The lowest BCUT2D eigenvalue weighted by Gasteiger charge is -2.15. The molecule has 0 heterocycles. The minimum absolute atomic E-state index is 0.0187. The number of phenolic OH excluding ortho intramolecular Hbond substituents is 1. The van der Waals surface area contributed by atoms with E-state index < -0.39 is 5.97 Å². The summed E-state index contributed by atoms with van der Waals surface area (Å²) in [5, 5.41) is 18.7. The number of rotatable bonds is 2. The lowest BCUT2D eigenvalue weighted by Crippen LogP contribution is -2.06. The minimum atomic E-state index is -1.06. The molecule has 1 aromatic carbocycles. The van der Waals surface area contributed by atoms with Crippen molar-refractivity contribution in [3.8, 4) is 11.5 Å². The Labute approximate surface area is 88.1 Å². The Bertz CT molecular complexity index is 421. The van der Waals surface area contributed by atoms with Crippen molar-refractivity contribution in [1.82, 2.24) is 0 Å². The highest BCUT2D eigenvalue weighted by Gasteiger charge is 2.21. The number of methoxy groups -OCH3 is 1. The van der Waals surface area contributed by atoms with Gasteiger partial charge in [0.05, 0.1) is 12.7 Å². The zero-order valence-electron chi connectivity index (χ0n) is 9.21. The summed E-state index contributed by atoms with van der Waals surface area (Å²) in [5.74, 6) is -0.649. The van der Waals surface area contributed by atoms with Crippen molar-refractivity contribution in [2.45, 2.75) is 20.8 Å². The van der Waals surface area contributed by atoms with Crippen LogP contribution in [0.2, 0.25) is 0 Å². The standard InChI is InChI=1S/C11H14O4/c1-5-8(11(13)14)6(2)10(15-4)7(3)9(5)12/h12H,1-4H3,(H,13,14). The first kappa shape index (κ1) is 11.4. The van der Waals surface area contributed by atoms with Gasteiger partial charge in [0.25, 0.3) is 0 Å². The van der Waals surface area contributed by atoms with E-state index >= 15 is 0 Å². The molecule has 4 nitrogen and oxygen atoms in total. The lowest BCUT2D eigenvalue weighted by molar-refractivity contribution is 0.0694. The van der Waals surface area contributed by atoms with Crippen LogP contribution in [0, 0.1) is 20.8 Å². The van der Waals surface area contributed by atoms with Gasteiger partial charge >= 0.3 is 5.97 Å². The fraction of sp³-hybridized carbons (Fsp3) is 0.364. The first-order valence-electron chi connectivity index (χ1n) is 4.51. The average molecular weight is 210 g/mol. The Kier molecular flexibility index (Phi) is 2.88. The van der Waals surface area contributed by atoms with Crippen LogP contribution in [0.1, 0.15) is 27.0 Å². The number of aromatic hydroxyl groups is 1. The SMILES string of the molecule is COc1c(C)c(O)c(C)c(C(=O)O)c1C. The van der Waals surface area contributed by atoms with E-state index in [2.05, 4.69) is 0 Å². The van der Waals surface area contributed by atoms with E-state index in [9.17, 15) is 9.90 Å². The fourth-order valence-corrected chi connectivity index (χ4v) is 1.81. The number of hydrogen-bond acceptors (Lipinski definition) is 3. The molecule has 1 rings (SSSR count). The molecule has 0 bridgehead atoms. The number of carbonyl (C=O) groups is 1. The molecule has 0 aromatic heterocycles. The molecule has 0 spiro atoms. The molecule has 0 aliphatic carbocycles. The zero-order valence-corrected chi connectivity index (χ0v) is 9.21. The highest BCUT2D eigenvalue weighted by atomic mass is 16.5. The molecule has 82 valence electrons. The third-order valence-corrected chi connectivity index (χ3v) is 2.56. The number of hydrogen-bond donors (Lipinski definition) is 2. The molecule has 0 atom stereocenters. The summed E-state index contributed by atoms with van der Waals surface area (Å²) in [7, 11) is 1.45. The Morgan fingerprint density at radius 3 is 2.07 bits per heavy atom. The second-order valence-corrected chi connectivity index (χ2v) is 3.44. The molecule has 0 aliphatic rings. The van der Waals surface area contributed by atoms with Crippen molar-refractivity contribution in [3.63, 3.8) is 0 Å². The molecule has 2 N–H and O–H groups in total. The van der Waals surface area contributed by atoms with Gasteiger partial charge in [-0.2, -0.15) is 0 Å². The van der Waals surface area contributed by atoms with Crippen molar-refractivity contribution in [2.75, 3.05) is 7.11 Å². The smallest absolute Gasteiger partial charge is 0.336 e. The summed E-state index contributed by atoms with van der Waals surface area (Å²) in [5.41, 5.74) is 1.59. The third-order valence-electron chi connectivity index (χ3n) is 2.56. The zero-order chi connectivity index (χ0) is 11.7. The van der Waals surface area contributed by atoms with E-state index in [0.29, 0.717) is 22.4 Å². The third kappa shape index (κ3) is 1.63. The van der Waals surface area contributed by atoms with E-state index in [0.717, 1.165) is 0 Å².